The van der Waals surface area contributed by atoms with Gasteiger partial charge in [-0.15, -0.1) is 23.7 Å². The van der Waals surface area contributed by atoms with Gasteiger partial charge < -0.3 is 11.1 Å². The van der Waals surface area contributed by atoms with Crippen LogP contribution < -0.4 is 11.1 Å². The van der Waals surface area contributed by atoms with Crippen LogP contribution in [0, 0.1) is 11.8 Å². The highest BCUT2D eigenvalue weighted by atomic mass is 35.5. The maximum absolute atomic E-state index is 11.9. The minimum atomic E-state index is -0.0660. The number of thiazole rings is 1. The zero-order valence-electron chi connectivity index (χ0n) is 11.2. The van der Waals surface area contributed by atoms with Crippen LogP contribution in [0.5, 0.6) is 0 Å². The van der Waals surface area contributed by atoms with Gasteiger partial charge in [-0.05, 0) is 18.3 Å². The maximum Gasteiger partial charge on any atom is 0.270 e. The Bertz CT molecular complexity index is 410. The fraction of sp³-hybridized carbons (Fsp3) is 0.692. The number of nitrogens with two attached hydrogens (primary N) is 1. The summed E-state index contributed by atoms with van der Waals surface area (Å²) in [6, 6.07) is 0. The fourth-order valence-electron chi connectivity index (χ4n) is 2.52. The Morgan fingerprint density at radius 1 is 1.53 bits per heavy atom. The number of carbonyl (C=O) groups excluding carboxylic acids is 1. The van der Waals surface area contributed by atoms with Crippen LogP contribution in [0.15, 0.2) is 5.38 Å². The van der Waals surface area contributed by atoms with Gasteiger partial charge >= 0.3 is 0 Å². The monoisotopic (exact) mass is 303 g/mol. The Morgan fingerprint density at radius 3 is 2.89 bits per heavy atom. The molecule has 0 bridgehead atoms. The van der Waals surface area contributed by atoms with Crippen LogP contribution in [0.3, 0.4) is 0 Å². The number of amides is 1. The van der Waals surface area contributed by atoms with Crippen molar-refractivity contribution in [1.29, 1.82) is 0 Å². The van der Waals surface area contributed by atoms with Crippen molar-refractivity contribution in [2.24, 2.45) is 17.6 Å². The van der Waals surface area contributed by atoms with Crippen LogP contribution in [0.1, 0.15) is 48.1 Å². The Labute approximate surface area is 124 Å². The quantitative estimate of drug-likeness (QED) is 0.898. The summed E-state index contributed by atoms with van der Waals surface area (Å²) in [5.74, 6) is 1.27. The van der Waals surface area contributed by atoms with Gasteiger partial charge in [0.05, 0.1) is 0 Å². The molecule has 2 atom stereocenters. The average Bonchev–Trinajstić information content (AvgIpc) is 2.86. The van der Waals surface area contributed by atoms with E-state index in [1.54, 1.807) is 5.38 Å². The van der Waals surface area contributed by atoms with Gasteiger partial charge in [0.1, 0.15) is 10.7 Å². The van der Waals surface area contributed by atoms with E-state index in [4.69, 9.17) is 5.73 Å². The van der Waals surface area contributed by atoms with E-state index in [0.29, 0.717) is 24.1 Å². The van der Waals surface area contributed by atoms with Crippen LogP contribution in [-0.2, 0) is 6.54 Å². The predicted molar refractivity (Wildman–Crippen MR) is 80.7 cm³/mol. The number of nitrogens with zero attached hydrogens (tertiary/aromatic N) is 1. The van der Waals surface area contributed by atoms with E-state index >= 15 is 0 Å². The van der Waals surface area contributed by atoms with Crippen molar-refractivity contribution in [2.75, 3.05) is 6.54 Å². The summed E-state index contributed by atoms with van der Waals surface area (Å²) in [6.45, 7) is 3.46. The Hall–Kier alpha value is -0.650. The summed E-state index contributed by atoms with van der Waals surface area (Å²) in [4.78, 5) is 16.1. The number of halogens is 1. The molecule has 1 saturated carbocycles. The first-order valence-corrected chi connectivity index (χ1v) is 7.51. The molecule has 108 valence electrons. The van der Waals surface area contributed by atoms with E-state index in [-0.39, 0.29) is 18.3 Å². The third-order valence-corrected chi connectivity index (χ3v) is 4.64. The van der Waals surface area contributed by atoms with E-state index in [9.17, 15) is 4.79 Å². The summed E-state index contributed by atoms with van der Waals surface area (Å²) in [5.41, 5.74) is 5.99. The zero-order chi connectivity index (χ0) is 13.0. The zero-order valence-corrected chi connectivity index (χ0v) is 12.9. The number of rotatable bonds is 4. The van der Waals surface area contributed by atoms with Crippen molar-refractivity contribution in [3.63, 3.8) is 0 Å². The molecule has 1 aromatic rings. The molecular formula is C13H22ClN3OS. The predicted octanol–water partition coefficient (Wildman–Crippen LogP) is 2.58. The Morgan fingerprint density at radius 2 is 2.26 bits per heavy atom. The number of carbonyl (C=O) groups is 1. The Balaban J connectivity index is 0.00000180. The highest BCUT2D eigenvalue weighted by Gasteiger charge is 2.22. The number of aromatic nitrogens is 1. The third-order valence-electron chi connectivity index (χ3n) is 3.77. The van der Waals surface area contributed by atoms with Gasteiger partial charge in [0.15, 0.2) is 0 Å². The molecule has 1 aromatic heterocycles. The number of nitrogens with one attached hydrogen (secondary N) is 1. The molecule has 2 unspecified atom stereocenters. The van der Waals surface area contributed by atoms with Crippen molar-refractivity contribution < 1.29 is 4.79 Å². The van der Waals surface area contributed by atoms with E-state index < -0.39 is 0 Å². The van der Waals surface area contributed by atoms with Crippen LogP contribution in [0.4, 0.5) is 0 Å². The molecule has 1 amide bonds. The summed E-state index contributed by atoms with van der Waals surface area (Å²) in [6.07, 6.45) is 5.14. The molecule has 19 heavy (non-hydrogen) atoms. The van der Waals surface area contributed by atoms with Gasteiger partial charge in [-0.25, -0.2) is 4.98 Å². The van der Waals surface area contributed by atoms with Crippen molar-refractivity contribution in [3.05, 3.63) is 16.1 Å². The van der Waals surface area contributed by atoms with Crippen molar-refractivity contribution in [2.45, 2.75) is 39.2 Å². The van der Waals surface area contributed by atoms with E-state index in [2.05, 4.69) is 17.2 Å². The molecule has 1 aliphatic rings. The lowest BCUT2D eigenvalue weighted by atomic mass is 9.80. The average molecular weight is 304 g/mol. The van der Waals surface area contributed by atoms with Crippen LogP contribution in [0.2, 0.25) is 0 Å². The normalized spacial score (nSPS) is 22.6. The molecule has 1 heterocycles. The highest BCUT2D eigenvalue weighted by Crippen LogP contribution is 2.28. The summed E-state index contributed by atoms with van der Waals surface area (Å²) in [5, 5.41) is 5.59. The third kappa shape index (κ3) is 4.44. The molecule has 0 spiro atoms. The van der Waals surface area contributed by atoms with Crippen molar-refractivity contribution in [3.8, 4) is 0 Å². The van der Waals surface area contributed by atoms with Gasteiger partial charge in [-0.1, -0.05) is 26.2 Å². The first-order valence-electron chi connectivity index (χ1n) is 6.63. The number of hydrogen-bond donors (Lipinski definition) is 2. The fourth-order valence-corrected chi connectivity index (χ4v) is 3.17. The van der Waals surface area contributed by atoms with Crippen molar-refractivity contribution in [1.82, 2.24) is 10.3 Å². The maximum atomic E-state index is 11.9. The highest BCUT2D eigenvalue weighted by molar-refractivity contribution is 7.09. The van der Waals surface area contributed by atoms with Gasteiger partial charge in [0, 0.05) is 18.5 Å². The molecule has 3 N–H and O–H groups in total. The summed E-state index contributed by atoms with van der Waals surface area (Å²) in [7, 11) is 0. The molecule has 6 heteroatoms. The Kier molecular flexibility index (Phi) is 6.75. The van der Waals surface area contributed by atoms with Crippen LogP contribution >= 0.6 is 23.7 Å². The van der Waals surface area contributed by atoms with Gasteiger partial charge in [0.2, 0.25) is 0 Å². The molecule has 2 rings (SSSR count). The lowest BCUT2D eigenvalue weighted by Gasteiger charge is -2.28. The summed E-state index contributed by atoms with van der Waals surface area (Å²) < 4.78 is 0. The molecule has 0 aromatic carbocycles. The van der Waals surface area contributed by atoms with Crippen LogP contribution in [0.25, 0.3) is 0 Å². The second-order valence-corrected chi connectivity index (χ2v) is 6.01. The topological polar surface area (TPSA) is 68.0 Å². The molecule has 4 nitrogen and oxygen atoms in total. The van der Waals surface area contributed by atoms with Gasteiger partial charge in [-0.2, -0.15) is 0 Å². The largest absolute Gasteiger partial charge is 0.350 e. The second-order valence-electron chi connectivity index (χ2n) is 5.06. The minimum Gasteiger partial charge on any atom is -0.350 e. The molecule has 1 aliphatic carbocycles. The second kappa shape index (κ2) is 7.82. The molecule has 1 fully saturated rings. The molecule has 0 aliphatic heterocycles. The standard InChI is InChI=1S/C13H21N3OS.ClH/c1-9-4-2-3-5-10(9)7-15-13(17)11-8-18-12(6-14)16-11;/h8-10H,2-7,14H2,1H3,(H,15,17);1H. The molecular weight excluding hydrogens is 282 g/mol. The first kappa shape index (κ1) is 16.4. The van der Waals surface area contributed by atoms with Gasteiger partial charge in [0.25, 0.3) is 5.91 Å². The smallest absolute Gasteiger partial charge is 0.270 e. The van der Waals surface area contributed by atoms with E-state index in [1.807, 2.05) is 0 Å². The minimum absolute atomic E-state index is 0. The molecule has 0 radical (unpaired) electrons. The molecule has 0 saturated heterocycles. The lowest BCUT2D eigenvalue weighted by Crippen LogP contribution is -2.33. The van der Waals surface area contributed by atoms with Crippen molar-refractivity contribution >= 4 is 29.7 Å². The SMILES string of the molecule is CC1CCCCC1CNC(=O)c1csc(CN)n1.Cl. The van der Waals surface area contributed by atoms with Gasteiger partial charge in [-0.3, -0.25) is 4.79 Å². The lowest BCUT2D eigenvalue weighted by molar-refractivity contribution is 0.0932. The van der Waals surface area contributed by atoms with E-state index in [1.165, 1.54) is 37.0 Å². The first-order chi connectivity index (χ1) is 8.70. The number of hydrogen-bond acceptors (Lipinski definition) is 4. The van der Waals surface area contributed by atoms with Crippen LogP contribution in [-0.4, -0.2) is 17.4 Å². The van der Waals surface area contributed by atoms with E-state index in [0.717, 1.165) is 11.6 Å². The summed E-state index contributed by atoms with van der Waals surface area (Å²) >= 11 is 1.44.